The van der Waals surface area contributed by atoms with Crippen molar-refractivity contribution in [2.24, 2.45) is 0 Å². The third-order valence-electron chi connectivity index (χ3n) is 6.76. The number of hydrogen-bond donors (Lipinski definition) is 1. The summed E-state index contributed by atoms with van der Waals surface area (Å²) in [6.07, 6.45) is 1.84. The van der Waals surface area contributed by atoms with E-state index in [1.807, 2.05) is 85.9 Å². The fourth-order valence-electron chi connectivity index (χ4n) is 4.74. The van der Waals surface area contributed by atoms with E-state index in [0.717, 1.165) is 34.8 Å². The number of methoxy groups -OCH3 is 1. The molecular formula is C33H31N5O3. The highest BCUT2D eigenvalue weighted by molar-refractivity contribution is 6.10. The molecule has 2 amide bonds. The SMILES string of the molecule is COC(=O)N(NC(=O)c1c(CN(C)CCc2ccccn2)c(-c2ccccc2)nc2ccccc12)c1ccccc1. The quantitative estimate of drug-likeness (QED) is 0.245. The van der Waals surface area contributed by atoms with Crippen molar-refractivity contribution in [3.63, 3.8) is 0 Å². The van der Waals surface area contributed by atoms with Gasteiger partial charge in [-0.15, -0.1) is 0 Å². The maximum Gasteiger partial charge on any atom is 0.433 e. The molecule has 2 aromatic heterocycles. The standard InChI is InChI=1S/C33H31N5O3/c1-37(22-20-25-15-11-12-21-34-25)23-28-30(32(39)36-38(33(40)41-2)26-16-7-4-8-17-26)27-18-9-10-19-29(27)35-31(28)24-13-5-3-6-14-24/h3-19,21H,20,22-23H2,1-2H3,(H,36,39). The van der Waals surface area contributed by atoms with E-state index in [2.05, 4.69) is 15.3 Å². The normalized spacial score (nSPS) is 10.9. The van der Waals surface area contributed by atoms with Crippen LogP contribution in [-0.4, -0.2) is 47.6 Å². The molecule has 3 aromatic carbocycles. The number of pyridine rings is 2. The molecule has 0 unspecified atom stereocenters. The van der Waals surface area contributed by atoms with Gasteiger partial charge >= 0.3 is 6.09 Å². The van der Waals surface area contributed by atoms with Crippen LogP contribution in [0.15, 0.2) is 109 Å². The molecule has 8 nitrogen and oxygen atoms in total. The van der Waals surface area contributed by atoms with Crippen molar-refractivity contribution in [1.82, 2.24) is 20.3 Å². The molecule has 5 rings (SSSR count). The smallest absolute Gasteiger partial charge is 0.433 e. The summed E-state index contributed by atoms with van der Waals surface area (Å²) < 4.78 is 5.00. The molecule has 0 saturated heterocycles. The number of nitrogens with zero attached hydrogens (tertiary/aromatic N) is 4. The van der Waals surface area contributed by atoms with E-state index in [1.54, 1.807) is 30.5 Å². The van der Waals surface area contributed by atoms with Gasteiger partial charge in [-0.25, -0.2) is 9.78 Å². The van der Waals surface area contributed by atoms with Crippen LogP contribution in [0.25, 0.3) is 22.2 Å². The number of likely N-dealkylation sites (N-methyl/N-ethyl adjacent to an activating group) is 1. The Morgan fingerprint density at radius 1 is 0.854 bits per heavy atom. The van der Waals surface area contributed by atoms with Crippen LogP contribution in [0.2, 0.25) is 0 Å². The lowest BCUT2D eigenvalue weighted by molar-refractivity contribution is 0.0941. The third-order valence-corrected chi connectivity index (χ3v) is 6.76. The molecule has 8 heteroatoms. The summed E-state index contributed by atoms with van der Waals surface area (Å²) in [4.78, 5) is 38.6. The van der Waals surface area contributed by atoms with E-state index in [9.17, 15) is 9.59 Å². The van der Waals surface area contributed by atoms with Crippen molar-refractivity contribution in [3.8, 4) is 11.3 Å². The van der Waals surface area contributed by atoms with Crippen molar-refractivity contribution in [3.05, 3.63) is 126 Å². The largest absolute Gasteiger partial charge is 0.451 e. The summed E-state index contributed by atoms with van der Waals surface area (Å²) >= 11 is 0. The number of benzene rings is 3. The topological polar surface area (TPSA) is 87.7 Å². The monoisotopic (exact) mass is 545 g/mol. The molecule has 5 aromatic rings. The van der Waals surface area contributed by atoms with Crippen LogP contribution in [0.3, 0.4) is 0 Å². The van der Waals surface area contributed by atoms with Crippen molar-refractivity contribution < 1.29 is 14.3 Å². The maximum absolute atomic E-state index is 14.2. The number of rotatable bonds is 8. The van der Waals surface area contributed by atoms with Gasteiger partial charge < -0.3 is 9.64 Å². The molecule has 0 spiro atoms. The summed E-state index contributed by atoms with van der Waals surface area (Å²) in [5.41, 5.74) is 7.77. The third kappa shape index (κ3) is 6.40. The van der Waals surface area contributed by atoms with Crippen molar-refractivity contribution in [1.29, 1.82) is 0 Å². The zero-order chi connectivity index (χ0) is 28.6. The van der Waals surface area contributed by atoms with Crippen LogP contribution in [0.5, 0.6) is 0 Å². The maximum atomic E-state index is 14.2. The minimum atomic E-state index is -0.708. The molecule has 2 heterocycles. The Balaban J connectivity index is 1.60. The highest BCUT2D eigenvalue weighted by atomic mass is 16.5. The molecule has 0 saturated carbocycles. The van der Waals surface area contributed by atoms with Gasteiger partial charge in [0, 0.05) is 47.9 Å². The van der Waals surface area contributed by atoms with Crippen LogP contribution >= 0.6 is 0 Å². The Morgan fingerprint density at radius 2 is 1.54 bits per heavy atom. The second-order valence-electron chi connectivity index (χ2n) is 9.59. The van der Waals surface area contributed by atoms with E-state index in [1.165, 1.54) is 7.11 Å². The van der Waals surface area contributed by atoms with Gasteiger partial charge in [-0.3, -0.25) is 15.2 Å². The van der Waals surface area contributed by atoms with Gasteiger partial charge in [-0.1, -0.05) is 72.8 Å². The summed E-state index contributed by atoms with van der Waals surface area (Å²) in [6.45, 7) is 1.17. The number of hydrazine groups is 1. The molecule has 1 N–H and O–H groups in total. The predicted molar refractivity (Wildman–Crippen MR) is 160 cm³/mol. The number of nitrogens with one attached hydrogen (secondary N) is 1. The molecule has 0 radical (unpaired) electrons. The number of aromatic nitrogens is 2. The molecule has 41 heavy (non-hydrogen) atoms. The van der Waals surface area contributed by atoms with Crippen LogP contribution in [0.1, 0.15) is 21.6 Å². The Kier molecular flexibility index (Phi) is 8.61. The molecule has 0 atom stereocenters. The molecule has 0 aliphatic rings. The number of amides is 2. The number of ether oxygens (including phenoxy) is 1. The lowest BCUT2D eigenvalue weighted by Gasteiger charge is -2.25. The minimum absolute atomic E-state index is 0.442. The van der Waals surface area contributed by atoms with Gasteiger partial charge in [0.05, 0.1) is 29.6 Å². The van der Waals surface area contributed by atoms with E-state index >= 15 is 0 Å². The number of carbonyl (C=O) groups is 2. The fourth-order valence-corrected chi connectivity index (χ4v) is 4.74. The molecule has 0 fully saturated rings. The zero-order valence-corrected chi connectivity index (χ0v) is 23.0. The Hall–Kier alpha value is -5.08. The highest BCUT2D eigenvalue weighted by Gasteiger charge is 2.26. The lowest BCUT2D eigenvalue weighted by Crippen LogP contribution is -2.47. The summed E-state index contributed by atoms with van der Waals surface area (Å²) in [6, 6.07) is 32.1. The number of anilines is 1. The molecule has 0 aliphatic carbocycles. The average Bonchev–Trinajstić information content (AvgIpc) is 3.03. The molecule has 0 aliphatic heterocycles. The number of carbonyl (C=O) groups excluding carboxylic acids is 2. The van der Waals surface area contributed by atoms with Crippen molar-refractivity contribution in [2.75, 3.05) is 25.7 Å². The van der Waals surface area contributed by atoms with Gasteiger partial charge in [0.25, 0.3) is 5.91 Å². The Labute approximate surface area is 239 Å². The van der Waals surface area contributed by atoms with Gasteiger partial charge in [-0.2, -0.15) is 5.01 Å². The van der Waals surface area contributed by atoms with Crippen LogP contribution in [-0.2, 0) is 17.7 Å². The number of para-hydroxylation sites is 2. The molecule has 0 bridgehead atoms. The van der Waals surface area contributed by atoms with Gasteiger partial charge in [-0.05, 0) is 37.4 Å². The summed E-state index contributed by atoms with van der Waals surface area (Å²) in [5.74, 6) is -0.442. The fraction of sp³-hybridized carbons (Fsp3) is 0.152. The van der Waals surface area contributed by atoms with Crippen molar-refractivity contribution >= 4 is 28.6 Å². The zero-order valence-electron chi connectivity index (χ0n) is 23.0. The van der Waals surface area contributed by atoms with E-state index in [4.69, 9.17) is 9.72 Å². The second kappa shape index (κ2) is 12.8. The first-order valence-corrected chi connectivity index (χ1v) is 13.3. The van der Waals surface area contributed by atoms with Crippen LogP contribution < -0.4 is 10.4 Å². The van der Waals surface area contributed by atoms with Gasteiger partial charge in [0.2, 0.25) is 0 Å². The first kappa shape index (κ1) is 27.5. The molecular weight excluding hydrogens is 514 g/mol. The highest BCUT2D eigenvalue weighted by Crippen LogP contribution is 2.31. The predicted octanol–water partition coefficient (Wildman–Crippen LogP) is 5.89. The van der Waals surface area contributed by atoms with Crippen LogP contribution in [0, 0.1) is 0 Å². The first-order chi connectivity index (χ1) is 20.0. The molecule has 206 valence electrons. The number of fused-ring (bicyclic) bond motifs is 1. The van der Waals surface area contributed by atoms with Crippen molar-refractivity contribution in [2.45, 2.75) is 13.0 Å². The van der Waals surface area contributed by atoms with E-state index in [-0.39, 0.29) is 0 Å². The van der Waals surface area contributed by atoms with Gasteiger partial charge in [0.15, 0.2) is 0 Å². The minimum Gasteiger partial charge on any atom is -0.451 e. The average molecular weight is 546 g/mol. The number of hydrogen-bond acceptors (Lipinski definition) is 6. The lowest BCUT2D eigenvalue weighted by atomic mass is 9.95. The summed E-state index contributed by atoms with van der Waals surface area (Å²) in [5, 5.41) is 1.81. The van der Waals surface area contributed by atoms with Crippen LogP contribution in [0.4, 0.5) is 10.5 Å². The Morgan fingerprint density at radius 3 is 2.24 bits per heavy atom. The Bertz CT molecular complexity index is 1630. The van der Waals surface area contributed by atoms with Gasteiger partial charge in [0.1, 0.15) is 0 Å². The summed E-state index contributed by atoms with van der Waals surface area (Å²) in [7, 11) is 3.29. The van der Waals surface area contributed by atoms with E-state index < -0.39 is 12.0 Å². The van der Waals surface area contributed by atoms with E-state index in [0.29, 0.717) is 34.4 Å². The first-order valence-electron chi connectivity index (χ1n) is 13.3. The second-order valence-corrected chi connectivity index (χ2v) is 9.59.